The van der Waals surface area contributed by atoms with Crippen LogP contribution in [0.4, 0.5) is 13.2 Å². The number of halogens is 3. The van der Waals surface area contributed by atoms with Crippen LogP contribution >= 0.6 is 0 Å². The molecule has 5 heteroatoms. The third-order valence-electron chi connectivity index (χ3n) is 3.13. The van der Waals surface area contributed by atoms with Crippen LogP contribution in [-0.4, -0.2) is 20.3 Å². The smallest absolute Gasteiger partial charge is 0.379 e. The van der Waals surface area contributed by atoms with Crippen molar-refractivity contribution < 1.29 is 17.9 Å². The number of rotatable bonds is 6. The van der Waals surface area contributed by atoms with E-state index in [4.69, 9.17) is 4.74 Å². The number of likely N-dealkylation sites (N-methyl/N-ethyl adjacent to an activating group) is 1. The van der Waals surface area contributed by atoms with Gasteiger partial charge in [-0.25, -0.2) is 0 Å². The van der Waals surface area contributed by atoms with E-state index >= 15 is 0 Å². The van der Waals surface area contributed by atoms with E-state index in [0.717, 1.165) is 18.9 Å². The van der Waals surface area contributed by atoms with Gasteiger partial charge in [0.25, 0.3) is 0 Å². The molecule has 19 heavy (non-hydrogen) atoms. The molecule has 0 aromatic heterocycles. The Morgan fingerprint density at radius 2 is 2.00 bits per heavy atom. The van der Waals surface area contributed by atoms with Crippen molar-refractivity contribution in [1.29, 1.82) is 0 Å². The van der Waals surface area contributed by atoms with Gasteiger partial charge in [0, 0.05) is 7.11 Å². The van der Waals surface area contributed by atoms with Crippen LogP contribution < -0.4 is 5.32 Å². The van der Waals surface area contributed by atoms with Crippen LogP contribution in [0.3, 0.4) is 0 Å². The van der Waals surface area contributed by atoms with Crippen LogP contribution in [0.25, 0.3) is 0 Å². The number of hydrogen-bond donors (Lipinski definition) is 1. The van der Waals surface area contributed by atoms with Crippen LogP contribution in [0.2, 0.25) is 0 Å². The van der Waals surface area contributed by atoms with Crippen LogP contribution in [0.1, 0.15) is 36.9 Å². The lowest BCUT2D eigenvalue weighted by molar-refractivity contribution is -0.137. The number of alkyl halides is 3. The fourth-order valence-electron chi connectivity index (χ4n) is 2.18. The highest BCUT2D eigenvalue weighted by Gasteiger charge is 2.31. The Morgan fingerprint density at radius 1 is 1.32 bits per heavy atom. The first-order chi connectivity index (χ1) is 8.93. The minimum atomic E-state index is -4.32. The molecule has 0 radical (unpaired) electrons. The lowest BCUT2D eigenvalue weighted by atomic mass is 9.96. The topological polar surface area (TPSA) is 21.3 Å². The Kier molecular flexibility index (Phi) is 5.82. The van der Waals surface area contributed by atoms with E-state index in [1.165, 1.54) is 12.1 Å². The first-order valence-electron chi connectivity index (χ1n) is 6.31. The standard InChI is InChI=1S/C14H20F3NO/c1-4-6-12(19-3)13(18-2)10-7-5-8-11(9-10)14(15,16)17/h5,7-9,12-13,18H,4,6H2,1-3H3. The highest BCUT2D eigenvalue weighted by molar-refractivity contribution is 5.28. The summed E-state index contributed by atoms with van der Waals surface area (Å²) in [5.74, 6) is 0. The van der Waals surface area contributed by atoms with E-state index in [1.54, 1.807) is 20.2 Å². The average Bonchev–Trinajstić information content (AvgIpc) is 2.38. The first-order valence-corrected chi connectivity index (χ1v) is 6.31. The summed E-state index contributed by atoms with van der Waals surface area (Å²) in [6.07, 6.45) is -2.76. The quantitative estimate of drug-likeness (QED) is 0.853. The summed E-state index contributed by atoms with van der Waals surface area (Å²) in [6.45, 7) is 2.02. The summed E-state index contributed by atoms with van der Waals surface area (Å²) in [5.41, 5.74) is -0.0331. The van der Waals surface area contributed by atoms with Gasteiger partial charge in [0.1, 0.15) is 0 Å². The summed E-state index contributed by atoms with van der Waals surface area (Å²) in [4.78, 5) is 0. The molecule has 0 bridgehead atoms. The largest absolute Gasteiger partial charge is 0.416 e. The molecule has 0 fully saturated rings. The minimum Gasteiger partial charge on any atom is -0.379 e. The Hall–Kier alpha value is -1.07. The zero-order chi connectivity index (χ0) is 14.5. The second-order valence-corrected chi connectivity index (χ2v) is 4.45. The second-order valence-electron chi connectivity index (χ2n) is 4.45. The maximum atomic E-state index is 12.7. The van der Waals surface area contributed by atoms with Gasteiger partial charge in [0.15, 0.2) is 0 Å². The van der Waals surface area contributed by atoms with Gasteiger partial charge in [0.2, 0.25) is 0 Å². The van der Waals surface area contributed by atoms with Crippen LogP contribution in [0.5, 0.6) is 0 Å². The molecule has 0 saturated carbocycles. The van der Waals surface area contributed by atoms with E-state index in [0.29, 0.717) is 5.56 Å². The normalized spacial score (nSPS) is 15.3. The van der Waals surface area contributed by atoms with E-state index in [9.17, 15) is 13.2 Å². The van der Waals surface area contributed by atoms with Crippen molar-refractivity contribution in [2.45, 2.75) is 38.1 Å². The van der Waals surface area contributed by atoms with Crippen LogP contribution in [0.15, 0.2) is 24.3 Å². The van der Waals surface area contributed by atoms with Gasteiger partial charge in [-0.05, 0) is 31.2 Å². The number of nitrogens with one attached hydrogen (secondary N) is 1. The molecule has 0 amide bonds. The molecule has 108 valence electrons. The monoisotopic (exact) mass is 275 g/mol. The van der Waals surface area contributed by atoms with Crippen LogP contribution in [0, 0.1) is 0 Å². The molecule has 1 aromatic rings. The number of hydrogen-bond acceptors (Lipinski definition) is 2. The van der Waals surface area contributed by atoms with Crippen molar-refractivity contribution in [2.24, 2.45) is 0 Å². The molecule has 2 atom stereocenters. The number of benzene rings is 1. The van der Waals surface area contributed by atoms with Gasteiger partial charge in [-0.1, -0.05) is 25.5 Å². The van der Waals surface area contributed by atoms with E-state index < -0.39 is 11.7 Å². The van der Waals surface area contributed by atoms with Gasteiger partial charge < -0.3 is 10.1 Å². The van der Waals surface area contributed by atoms with Crippen LogP contribution in [-0.2, 0) is 10.9 Å². The van der Waals surface area contributed by atoms with Gasteiger partial charge in [-0.2, -0.15) is 13.2 Å². The third kappa shape index (κ3) is 4.21. The fourth-order valence-corrected chi connectivity index (χ4v) is 2.18. The highest BCUT2D eigenvalue weighted by Crippen LogP contribution is 2.32. The number of ether oxygens (including phenoxy) is 1. The van der Waals surface area contributed by atoms with Gasteiger partial charge in [-0.15, -0.1) is 0 Å². The molecule has 0 spiro atoms. The van der Waals surface area contributed by atoms with E-state index in [2.05, 4.69) is 5.32 Å². The Balaban J connectivity index is 3.04. The molecule has 0 heterocycles. The Morgan fingerprint density at radius 3 is 2.47 bits per heavy atom. The van der Waals surface area contributed by atoms with E-state index in [1.807, 2.05) is 6.92 Å². The maximum absolute atomic E-state index is 12.7. The fraction of sp³-hybridized carbons (Fsp3) is 0.571. The zero-order valence-corrected chi connectivity index (χ0v) is 11.4. The minimum absolute atomic E-state index is 0.140. The summed E-state index contributed by atoms with van der Waals surface area (Å²) in [7, 11) is 3.31. The molecule has 1 rings (SSSR count). The molecule has 2 nitrogen and oxygen atoms in total. The van der Waals surface area contributed by atoms with Gasteiger partial charge >= 0.3 is 6.18 Å². The molecule has 1 N–H and O–H groups in total. The van der Waals surface area contributed by atoms with E-state index in [-0.39, 0.29) is 12.1 Å². The van der Waals surface area contributed by atoms with Crippen molar-refractivity contribution in [3.63, 3.8) is 0 Å². The van der Waals surface area contributed by atoms with Crippen molar-refractivity contribution >= 4 is 0 Å². The third-order valence-corrected chi connectivity index (χ3v) is 3.13. The molecule has 1 aromatic carbocycles. The summed E-state index contributed by atoms with van der Waals surface area (Å²) >= 11 is 0. The highest BCUT2D eigenvalue weighted by atomic mass is 19.4. The Bertz CT molecular complexity index is 393. The second kappa shape index (κ2) is 6.91. The SMILES string of the molecule is CCCC(OC)C(NC)c1cccc(C(F)(F)F)c1. The molecule has 0 aliphatic rings. The molecular formula is C14H20F3NO. The lowest BCUT2D eigenvalue weighted by Gasteiger charge is -2.26. The van der Waals surface area contributed by atoms with Gasteiger partial charge in [-0.3, -0.25) is 0 Å². The summed E-state index contributed by atoms with van der Waals surface area (Å²) in [6, 6.07) is 5.15. The zero-order valence-electron chi connectivity index (χ0n) is 11.4. The first kappa shape index (κ1) is 16.0. The predicted octanol–water partition coefficient (Wildman–Crippen LogP) is 3.78. The molecule has 0 aliphatic carbocycles. The van der Waals surface area contributed by atoms with Crippen molar-refractivity contribution in [3.05, 3.63) is 35.4 Å². The predicted molar refractivity (Wildman–Crippen MR) is 68.9 cm³/mol. The molecular weight excluding hydrogens is 255 g/mol. The van der Waals surface area contributed by atoms with Crippen molar-refractivity contribution in [1.82, 2.24) is 5.32 Å². The van der Waals surface area contributed by atoms with Gasteiger partial charge in [0.05, 0.1) is 17.7 Å². The summed E-state index contributed by atoms with van der Waals surface area (Å²) in [5, 5.41) is 3.04. The van der Waals surface area contributed by atoms with Crippen molar-refractivity contribution in [2.75, 3.05) is 14.2 Å². The lowest BCUT2D eigenvalue weighted by Crippen LogP contribution is -2.31. The average molecular weight is 275 g/mol. The summed E-state index contributed by atoms with van der Waals surface area (Å²) < 4.78 is 43.5. The number of methoxy groups -OCH3 is 1. The van der Waals surface area contributed by atoms with Crippen molar-refractivity contribution in [3.8, 4) is 0 Å². The maximum Gasteiger partial charge on any atom is 0.416 e. The molecule has 0 saturated heterocycles. The molecule has 2 unspecified atom stereocenters. The molecule has 0 aliphatic heterocycles. The Labute approximate surface area is 112 Å².